The van der Waals surface area contributed by atoms with Gasteiger partial charge in [0.1, 0.15) is 0 Å². The Hall–Kier alpha value is -1.41. The third kappa shape index (κ3) is 2.16. The highest BCUT2D eigenvalue weighted by atomic mass is 14.6. The molecule has 0 aliphatic rings. The fraction of sp³-hybridized carbons (Fsp3) is 0.308. The van der Waals surface area contributed by atoms with Crippen molar-refractivity contribution >= 4 is 10.9 Å². The van der Waals surface area contributed by atoms with Crippen molar-refractivity contribution in [2.24, 2.45) is 5.73 Å². The molecular weight excluding hydrogens is 184 g/mol. The number of pyridine rings is 1. The standard InChI is InChI=1S/C13H16N2/c1-2-4-12(14)10-6-7-13-11(9-10)5-3-8-15-13/h3,5-9,12H,2,4,14H2,1H3. The summed E-state index contributed by atoms with van der Waals surface area (Å²) in [5, 5.41) is 1.17. The maximum Gasteiger partial charge on any atom is 0.0702 e. The minimum atomic E-state index is 0.152. The fourth-order valence-electron chi connectivity index (χ4n) is 1.80. The van der Waals surface area contributed by atoms with Gasteiger partial charge in [-0.1, -0.05) is 25.5 Å². The first kappa shape index (κ1) is 10.1. The molecule has 0 saturated carbocycles. The Morgan fingerprint density at radius 3 is 3.00 bits per heavy atom. The van der Waals surface area contributed by atoms with E-state index in [1.165, 1.54) is 10.9 Å². The summed E-state index contributed by atoms with van der Waals surface area (Å²) in [6.07, 6.45) is 3.96. The van der Waals surface area contributed by atoms with Gasteiger partial charge >= 0.3 is 0 Å². The van der Waals surface area contributed by atoms with Crippen molar-refractivity contribution < 1.29 is 0 Å². The lowest BCUT2D eigenvalue weighted by atomic mass is 10.0. The molecule has 2 aromatic rings. The predicted molar refractivity (Wildman–Crippen MR) is 63.6 cm³/mol. The number of hydrogen-bond acceptors (Lipinski definition) is 2. The van der Waals surface area contributed by atoms with E-state index in [-0.39, 0.29) is 6.04 Å². The minimum Gasteiger partial charge on any atom is -0.324 e. The van der Waals surface area contributed by atoms with E-state index in [2.05, 4.69) is 30.1 Å². The monoisotopic (exact) mass is 200 g/mol. The van der Waals surface area contributed by atoms with Crippen LogP contribution in [0.4, 0.5) is 0 Å². The average molecular weight is 200 g/mol. The first-order valence-electron chi connectivity index (χ1n) is 5.41. The van der Waals surface area contributed by atoms with Crippen molar-refractivity contribution in [3.8, 4) is 0 Å². The molecule has 0 fully saturated rings. The lowest BCUT2D eigenvalue weighted by Gasteiger charge is -2.11. The molecule has 0 aliphatic heterocycles. The summed E-state index contributed by atoms with van der Waals surface area (Å²) < 4.78 is 0. The molecule has 78 valence electrons. The molecule has 0 bridgehead atoms. The van der Waals surface area contributed by atoms with Crippen molar-refractivity contribution in [1.29, 1.82) is 0 Å². The van der Waals surface area contributed by atoms with Crippen LogP contribution in [0.25, 0.3) is 10.9 Å². The average Bonchev–Trinajstić information content (AvgIpc) is 2.29. The van der Waals surface area contributed by atoms with E-state index in [0.29, 0.717) is 0 Å². The second-order valence-corrected chi connectivity index (χ2v) is 3.85. The van der Waals surface area contributed by atoms with Gasteiger partial charge in [0.15, 0.2) is 0 Å². The minimum absolute atomic E-state index is 0.152. The molecule has 1 aromatic heterocycles. The summed E-state index contributed by atoms with van der Waals surface area (Å²) in [5.41, 5.74) is 8.31. The van der Waals surface area contributed by atoms with Crippen LogP contribution in [0.5, 0.6) is 0 Å². The Morgan fingerprint density at radius 1 is 1.33 bits per heavy atom. The second-order valence-electron chi connectivity index (χ2n) is 3.85. The highest BCUT2D eigenvalue weighted by molar-refractivity contribution is 5.79. The fourth-order valence-corrected chi connectivity index (χ4v) is 1.80. The normalized spacial score (nSPS) is 12.9. The SMILES string of the molecule is CCCC(N)c1ccc2ncccc2c1. The molecule has 0 aliphatic carbocycles. The summed E-state index contributed by atoms with van der Waals surface area (Å²) in [6.45, 7) is 2.16. The molecule has 0 spiro atoms. The summed E-state index contributed by atoms with van der Waals surface area (Å²) >= 11 is 0. The van der Waals surface area contributed by atoms with Crippen LogP contribution in [0.2, 0.25) is 0 Å². The van der Waals surface area contributed by atoms with Crippen molar-refractivity contribution in [2.45, 2.75) is 25.8 Å². The molecule has 0 saturated heterocycles. The summed E-state index contributed by atoms with van der Waals surface area (Å²) in [6, 6.07) is 10.4. The molecule has 2 rings (SSSR count). The Balaban J connectivity index is 2.38. The van der Waals surface area contributed by atoms with Gasteiger partial charge in [-0.05, 0) is 30.2 Å². The first-order valence-corrected chi connectivity index (χ1v) is 5.41. The molecule has 2 nitrogen and oxygen atoms in total. The van der Waals surface area contributed by atoms with Crippen LogP contribution in [-0.4, -0.2) is 4.98 Å². The van der Waals surface area contributed by atoms with Crippen LogP contribution in [-0.2, 0) is 0 Å². The van der Waals surface area contributed by atoms with Crippen LogP contribution in [0.15, 0.2) is 36.5 Å². The van der Waals surface area contributed by atoms with E-state index in [1.807, 2.05) is 18.3 Å². The summed E-state index contributed by atoms with van der Waals surface area (Å²) in [5.74, 6) is 0. The molecule has 0 amide bonds. The molecule has 1 unspecified atom stereocenters. The number of nitrogens with zero attached hydrogens (tertiary/aromatic N) is 1. The number of hydrogen-bond donors (Lipinski definition) is 1. The van der Waals surface area contributed by atoms with Gasteiger partial charge in [0.2, 0.25) is 0 Å². The molecule has 1 aromatic carbocycles. The highest BCUT2D eigenvalue weighted by Gasteiger charge is 2.05. The Morgan fingerprint density at radius 2 is 2.20 bits per heavy atom. The third-order valence-electron chi connectivity index (χ3n) is 2.65. The lowest BCUT2D eigenvalue weighted by molar-refractivity contribution is 0.639. The molecule has 2 heteroatoms. The van der Waals surface area contributed by atoms with Crippen molar-refractivity contribution in [1.82, 2.24) is 4.98 Å². The first-order chi connectivity index (χ1) is 7.31. The zero-order valence-electron chi connectivity index (χ0n) is 8.98. The highest BCUT2D eigenvalue weighted by Crippen LogP contribution is 2.20. The Bertz CT molecular complexity index is 451. The van der Waals surface area contributed by atoms with Gasteiger partial charge in [-0.2, -0.15) is 0 Å². The Kier molecular flexibility index (Phi) is 2.97. The van der Waals surface area contributed by atoms with Crippen LogP contribution in [0.3, 0.4) is 0 Å². The molecule has 15 heavy (non-hydrogen) atoms. The van der Waals surface area contributed by atoms with E-state index < -0.39 is 0 Å². The molecule has 1 atom stereocenters. The lowest BCUT2D eigenvalue weighted by Crippen LogP contribution is -2.09. The molecule has 0 radical (unpaired) electrons. The maximum absolute atomic E-state index is 6.08. The van der Waals surface area contributed by atoms with Crippen molar-refractivity contribution in [3.05, 3.63) is 42.1 Å². The van der Waals surface area contributed by atoms with Gasteiger partial charge < -0.3 is 5.73 Å². The van der Waals surface area contributed by atoms with Crippen LogP contribution >= 0.6 is 0 Å². The van der Waals surface area contributed by atoms with Gasteiger partial charge in [-0.15, -0.1) is 0 Å². The van der Waals surface area contributed by atoms with Crippen LogP contribution < -0.4 is 5.73 Å². The van der Waals surface area contributed by atoms with Crippen LogP contribution in [0.1, 0.15) is 31.4 Å². The quantitative estimate of drug-likeness (QED) is 0.827. The topological polar surface area (TPSA) is 38.9 Å². The van der Waals surface area contributed by atoms with Gasteiger partial charge in [0.05, 0.1) is 5.52 Å². The van der Waals surface area contributed by atoms with Gasteiger partial charge in [-0.3, -0.25) is 4.98 Å². The zero-order chi connectivity index (χ0) is 10.7. The maximum atomic E-state index is 6.08. The van der Waals surface area contributed by atoms with E-state index in [4.69, 9.17) is 5.73 Å². The zero-order valence-corrected chi connectivity index (χ0v) is 8.98. The largest absolute Gasteiger partial charge is 0.324 e. The van der Waals surface area contributed by atoms with E-state index in [0.717, 1.165) is 18.4 Å². The van der Waals surface area contributed by atoms with E-state index in [9.17, 15) is 0 Å². The summed E-state index contributed by atoms with van der Waals surface area (Å²) in [4.78, 5) is 4.29. The number of nitrogens with two attached hydrogens (primary N) is 1. The number of fused-ring (bicyclic) bond motifs is 1. The molecule has 2 N–H and O–H groups in total. The molecular formula is C13H16N2. The van der Waals surface area contributed by atoms with Crippen molar-refractivity contribution in [3.63, 3.8) is 0 Å². The predicted octanol–water partition coefficient (Wildman–Crippen LogP) is 3.03. The van der Waals surface area contributed by atoms with E-state index >= 15 is 0 Å². The smallest absolute Gasteiger partial charge is 0.0702 e. The third-order valence-corrected chi connectivity index (χ3v) is 2.65. The number of rotatable bonds is 3. The van der Waals surface area contributed by atoms with Gasteiger partial charge in [0, 0.05) is 17.6 Å². The Labute approximate surface area is 90.1 Å². The van der Waals surface area contributed by atoms with Gasteiger partial charge in [0.25, 0.3) is 0 Å². The number of benzene rings is 1. The molecule has 1 heterocycles. The van der Waals surface area contributed by atoms with Gasteiger partial charge in [-0.25, -0.2) is 0 Å². The number of aromatic nitrogens is 1. The van der Waals surface area contributed by atoms with Crippen molar-refractivity contribution in [2.75, 3.05) is 0 Å². The summed E-state index contributed by atoms with van der Waals surface area (Å²) in [7, 11) is 0. The van der Waals surface area contributed by atoms with Crippen LogP contribution in [0, 0.1) is 0 Å². The van der Waals surface area contributed by atoms with E-state index in [1.54, 1.807) is 0 Å². The second kappa shape index (κ2) is 4.41.